The van der Waals surface area contributed by atoms with Crippen molar-refractivity contribution in [2.75, 3.05) is 6.54 Å². The second kappa shape index (κ2) is 10.8. The number of unbranched alkanes of at least 4 members (excludes halogenated alkanes) is 1. The third-order valence-electron chi connectivity index (χ3n) is 8.20. The van der Waals surface area contributed by atoms with Crippen LogP contribution in [0, 0.1) is 0 Å². The molecule has 0 spiro atoms. The molecule has 0 aromatic heterocycles. The fourth-order valence-electron chi connectivity index (χ4n) is 5.84. The molecule has 0 unspecified atom stereocenters. The number of Topliss-reactive ketones (excluding diaryl/α,β-unsaturated/α-hetero) is 1. The van der Waals surface area contributed by atoms with E-state index >= 15 is 0 Å². The molecule has 5 nitrogen and oxygen atoms in total. The number of thioether (sulfide) groups is 1. The number of carboxylic acids is 1. The van der Waals surface area contributed by atoms with Crippen molar-refractivity contribution in [2.24, 2.45) is 0 Å². The maximum Gasteiger partial charge on any atom is 0.335 e. The molecule has 2 aliphatic heterocycles. The normalized spacial score (nSPS) is 19.1. The van der Waals surface area contributed by atoms with Crippen molar-refractivity contribution in [1.29, 1.82) is 0 Å². The average Bonchev–Trinajstić information content (AvgIpc) is 3.22. The number of hydrogen-bond donors (Lipinski definition) is 1. The monoisotopic (exact) mass is 573 g/mol. The van der Waals surface area contributed by atoms with E-state index in [9.17, 15) is 19.8 Å². The molecule has 42 heavy (non-hydrogen) atoms. The molecule has 0 saturated carbocycles. The van der Waals surface area contributed by atoms with Crippen molar-refractivity contribution >= 4 is 45.4 Å². The topological polar surface area (TPSA) is 80.4 Å². The van der Waals surface area contributed by atoms with E-state index in [4.69, 9.17) is 0 Å². The van der Waals surface area contributed by atoms with Gasteiger partial charge in [-0.05, 0) is 60.9 Å². The van der Waals surface area contributed by atoms with Gasteiger partial charge in [-0.15, -0.1) is 0 Å². The highest BCUT2D eigenvalue weighted by Crippen LogP contribution is 2.46. The summed E-state index contributed by atoms with van der Waals surface area (Å²) in [5, 5.41) is 23.1. The molecule has 0 bridgehead atoms. The lowest BCUT2D eigenvalue weighted by Crippen LogP contribution is -2.34. The van der Waals surface area contributed by atoms with Gasteiger partial charge >= 0.3 is 5.97 Å². The van der Waals surface area contributed by atoms with Crippen LogP contribution >= 0.6 is 11.8 Å². The van der Waals surface area contributed by atoms with Crippen LogP contribution in [0.2, 0.25) is 0 Å². The predicted octanol–water partition coefficient (Wildman–Crippen LogP) is 6.92. The van der Waals surface area contributed by atoms with Gasteiger partial charge in [-0.3, -0.25) is 4.79 Å². The van der Waals surface area contributed by atoms with Gasteiger partial charge in [0.1, 0.15) is 6.54 Å². The molecule has 3 aromatic carbocycles. The number of nitrogens with zero attached hydrogens (tertiary/aromatic N) is 1. The Balaban J connectivity index is 1.42. The molecule has 0 amide bonds. The zero-order valence-electron chi connectivity index (χ0n) is 23.8. The molecule has 3 aliphatic rings. The van der Waals surface area contributed by atoms with Crippen LogP contribution < -0.4 is 5.11 Å². The summed E-state index contributed by atoms with van der Waals surface area (Å²) < 4.78 is 2.14. The lowest BCUT2D eigenvalue weighted by molar-refractivity contribution is -0.438. The summed E-state index contributed by atoms with van der Waals surface area (Å²) in [6.07, 6.45) is 7.41. The van der Waals surface area contributed by atoms with Gasteiger partial charge in [0.25, 0.3) is 0 Å². The Morgan fingerprint density at radius 1 is 1.02 bits per heavy atom. The molecule has 1 aliphatic carbocycles. The van der Waals surface area contributed by atoms with Gasteiger partial charge in [-0.2, -0.15) is 4.58 Å². The van der Waals surface area contributed by atoms with E-state index in [-0.39, 0.29) is 28.3 Å². The van der Waals surface area contributed by atoms with E-state index < -0.39 is 11.4 Å². The molecular weight excluding hydrogens is 542 g/mol. The third kappa shape index (κ3) is 4.66. The van der Waals surface area contributed by atoms with Crippen molar-refractivity contribution < 1.29 is 24.4 Å². The second-order valence-corrected chi connectivity index (χ2v) is 12.3. The Morgan fingerprint density at radius 3 is 2.48 bits per heavy atom. The van der Waals surface area contributed by atoms with Crippen LogP contribution in [0.1, 0.15) is 60.7 Å². The third-order valence-corrected chi connectivity index (χ3v) is 9.35. The first-order chi connectivity index (χ1) is 20.2. The van der Waals surface area contributed by atoms with Gasteiger partial charge in [0, 0.05) is 45.1 Å². The number of carboxylic acid groups (broad SMARTS) is 1. The quantitative estimate of drug-likeness (QED) is 0.245. The minimum absolute atomic E-state index is 0.170. The Hall–Kier alpha value is -4.42. The fourth-order valence-corrected chi connectivity index (χ4v) is 6.96. The van der Waals surface area contributed by atoms with E-state index in [1.54, 1.807) is 36.0 Å². The Kier molecular flexibility index (Phi) is 7.11. The van der Waals surface area contributed by atoms with Crippen LogP contribution in [-0.4, -0.2) is 33.7 Å². The van der Waals surface area contributed by atoms with Crippen LogP contribution in [0.3, 0.4) is 0 Å². The zero-order chi connectivity index (χ0) is 29.6. The van der Waals surface area contributed by atoms with Gasteiger partial charge in [-0.1, -0.05) is 79.4 Å². The number of aromatic carboxylic acids is 1. The van der Waals surface area contributed by atoms with Gasteiger partial charge in [0.2, 0.25) is 5.69 Å². The largest absolute Gasteiger partial charge is 0.871 e. The summed E-state index contributed by atoms with van der Waals surface area (Å²) in [4.78, 5) is 27.4. The Morgan fingerprint density at radius 2 is 1.76 bits per heavy atom. The van der Waals surface area contributed by atoms with E-state index in [1.807, 2.05) is 56.3 Å². The van der Waals surface area contributed by atoms with E-state index in [0.717, 1.165) is 56.3 Å². The van der Waals surface area contributed by atoms with Crippen LogP contribution in [0.5, 0.6) is 0 Å². The van der Waals surface area contributed by atoms with Crippen LogP contribution in [-0.2, 0) is 10.2 Å². The number of benzene rings is 3. The minimum atomic E-state index is -0.982. The second-order valence-electron chi connectivity index (χ2n) is 11.3. The zero-order valence-corrected chi connectivity index (χ0v) is 24.6. The molecule has 6 heteroatoms. The smallest absolute Gasteiger partial charge is 0.335 e. The van der Waals surface area contributed by atoms with Crippen molar-refractivity contribution in [1.82, 2.24) is 0 Å². The molecule has 2 heterocycles. The minimum Gasteiger partial charge on any atom is -0.871 e. The highest BCUT2D eigenvalue weighted by molar-refractivity contribution is 8.08. The first kappa shape index (κ1) is 27.7. The highest BCUT2D eigenvalue weighted by atomic mass is 32.2. The standard InChI is InChI=1S/C36H31NO4S/c1-4-5-17-37-29-16-15-23(35(40)41)19-28(29)36(2,3)32(37)21-27-33(38)26(34(27)39)18-24-20-31(22-11-7-6-8-12-22)42-30-14-10-9-13-25(24)30/h6-16,18-21H,4-5,17H2,1-3H3,(H-,38,39,40,41)/b24-18-. The summed E-state index contributed by atoms with van der Waals surface area (Å²) in [7, 11) is 0. The van der Waals surface area contributed by atoms with Gasteiger partial charge in [0.15, 0.2) is 11.5 Å². The summed E-state index contributed by atoms with van der Waals surface area (Å²) in [6, 6.07) is 23.3. The summed E-state index contributed by atoms with van der Waals surface area (Å²) in [6.45, 7) is 6.86. The Labute approximate surface area is 249 Å². The summed E-state index contributed by atoms with van der Waals surface area (Å²) >= 11 is 1.68. The number of rotatable bonds is 7. The van der Waals surface area contributed by atoms with E-state index in [1.165, 1.54) is 0 Å². The SMILES string of the molecule is CCCC[N+]1=C(/C=C2\C(=O)C(/C=C3/C=C(c4ccccc4)Sc4ccccc43)=C2[O-])C(C)(C)c2cc(C(=O)O)ccc21. The van der Waals surface area contributed by atoms with E-state index in [0.29, 0.717) is 6.54 Å². The average molecular weight is 574 g/mol. The highest BCUT2D eigenvalue weighted by Gasteiger charge is 2.45. The molecule has 210 valence electrons. The van der Waals surface area contributed by atoms with E-state index in [2.05, 4.69) is 35.8 Å². The first-order valence-electron chi connectivity index (χ1n) is 14.2. The molecule has 0 fully saturated rings. The number of carbonyl (C=O) groups excluding carboxylic acids is 1. The summed E-state index contributed by atoms with van der Waals surface area (Å²) in [5.41, 5.74) is 5.55. The first-order valence-corrected chi connectivity index (χ1v) is 15.0. The Bertz CT molecular complexity index is 1800. The van der Waals surface area contributed by atoms with Crippen LogP contribution in [0.15, 0.2) is 113 Å². The van der Waals surface area contributed by atoms with Crippen molar-refractivity contribution in [2.45, 2.75) is 43.9 Å². The van der Waals surface area contributed by atoms with Crippen molar-refractivity contribution in [3.63, 3.8) is 0 Å². The number of allylic oxidation sites excluding steroid dienone is 6. The van der Waals surface area contributed by atoms with Crippen molar-refractivity contribution in [3.05, 3.63) is 130 Å². The maximum absolute atomic E-state index is 13.5. The lowest BCUT2D eigenvalue weighted by atomic mass is 9.78. The number of hydrogen-bond acceptors (Lipinski definition) is 4. The molecule has 6 rings (SSSR count). The molecular formula is C36H31NO4S. The number of fused-ring (bicyclic) bond motifs is 2. The van der Waals surface area contributed by atoms with Crippen LogP contribution in [0.25, 0.3) is 10.5 Å². The predicted molar refractivity (Wildman–Crippen MR) is 166 cm³/mol. The van der Waals surface area contributed by atoms with Gasteiger partial charge in [-0.25, -0.2) is 4.79 Å². The molecule has 0 radical (unpaired) electrons. The molecule has 0 atom stereocenters. The fraction of sp³-hybridized carbons (Fsp3) is 0.194. The number of ketones is 1. The van der Waals surface area contributed by atoms with Gasteiger partial charge < -0.3 is 10.2 Å². The lowest BCUT2D eigenvalue weighted by Gasteiger charge is -2.30. The van der Waals surface area contributed by atoms with Crippen LogP contribution in [0.4, 0.5) is 5.69 Å². The summed E-state index contributed by atoms with van der Waals surface area (Å²) in [5.74, 6) is -1.51. The molecule has 3 aromatic rings. The number of carbonyl (C=O) groups is 2. The maximum atomic E-state index is 13.5. The van der Waals surface area contributed by atoms with Gasteiger partial charge in [0.05, 0.1) is 11.0 Å². The molecule has 0 saturated heterocycles. The van der Waals surface area contributed by atoms with Crippen molar-refractivity contribution in [3.8, 4) is 0 Å². The molecule has 1 N–H and O–H groups in total.